The number of hydrogen-bond donors (Lipinski definition) is 2. The van der Waals surface area contributed by atoms with Gasteiger partial charge in [-0.1, -0.05) is 0 Å². The highest BCUT2D eigenvalue weighted by atomic mass is 127. The minimum Gasteiger partial charge on any atom is -0.493 e. The molecular formula is C20H33IN4O3. The first kappa shape index (κ1) is 24.3. The van der Waals surface area contributed by atoms with Gasteiger partial charge in [0.25, 0.3) is 0 Å². The van der Waals surface area contributed by atoms with E-state index in [1.807, 2.05) is 19.2 Å². The van der Waals surface area contributed by atoms with E-state index >= 15 is 0 Å². The van der Waals surface area contributed by atoms with Gasteiger partial charge in [0.15, 0.2) is 17.5 Å². The lowest BCUT2D eigenvalue weighted by molar-refractivity contribution is -0.121. The van der Waals surface area contributed by atoms with Crippen molar-refractivity contribution in [2.24, 2.45) is 4.99 Å². The first-order chi connectivity index (χ1) is 13.0. The van der Waals surface area contributed by atoms with Crippen molar-refractivity contribution >= 4 is 35.8 Å². The van der Waals surface area contributed by atoms with Crippen molar-refractivity contribution in [3.63, 3.8) is 0 Å². The van der Waals surface area contributed by atoms with Gasteiger partial charge in [-0.15, -0.1) is 24.0 Å². The first-order valence-electron chi connectivity index (χ1n) is 9.41. The van der Waals surface area contributed by atoms with Crippen molar-refractivity contribution in [1.29, 1.82) is 0 Å². The van der Waals surface area contributed by atoms with E-state index < -0.39 is 0 Å². The number of methoxy groups -OCH3 is 2. The zero-order valence-electron chi connectivity index (χ0n) is 17.5. The molecule has 8 heteroatoms. The van der Waals surface area contributed by atoms with Gasteiger partial charge in [-0.05, 0) is 49.4 Å². The molecule has 28 heavy (non-hydrogen) atoms. The fourth-order valence-electron chi connectivity index (χ4n) is 2.88. The molecule has 0 spiro atoms. The number of hydrogen-bond acceptors (Lipinski definition) is 4. The van der Waals surface area contributed by atoms with Crippen LogP contribution in [-0.4, -0.2) is 57.7 Å². The van der Waals surface area contributed by atoms with Crippen LogP contribution in [0.3, 0.4) is 0 Å². The van der Waals surface area contributed by atoms with Crippen LogP contribution in [0.15, 0.2) is 17.1 Å². The van der Waals surface area contributed by atoms with Crippen LogP contribution in [0.4, 0.5) is 0 Å². The van der Waals surface area contributed by atoms with Crippen LogP contribution < -0.4 is 20.1 Å². The molecule has 0 saturated heterocycles. The Morgan fingerprint density at radius 1 is 1.25 bits per heavy atom. The number of guanidine groups is 1. The van der Waals surface area contributed by atoms with Crippen LogP contribution in [0.1, 0.15) is 36.8 Å². The summed E-state index contributed by atoms with van der Waals surface area (Å²) in [7, 11) is 7.03. The van der Waals surface area contributed by atoms with Crippen LogP contribution >= 0.6 is 24.0 Å². The predicted molar refractivity (Wildman–Crippen MR) is 123 cm³/mol. The van der Waals surface area contributed by atoms with E-state index in [1.54, 1.807) is 21.3 Å². The number of nitrogens with one attached hydrogen (secondary N) is 2. The van der Waals surface area contributed by atoms with Gasteiger partial charge in [-0.2, -0.15) is 0 Å². The third-order valence-electron chi connectivity index (χ3n) is 4.63. The standard InChI is InChI=1S/C20H32N4O3.HI/c1-14-11-17(26-4)18(27-5)12-15(14)13-24(3)20(21-2)22-10-6-7-19(25)23-16-8-9-16;/h11-12,16H,6-10,13H2,1-5H3,(H,21,22)(H,23,25);1H. The number of aliphatic imine (C=N–C) groups is 1. The van der Waals surface area contributed by atoms with Crippen molar-refractivity contribution in [3.05, 3.63) is 23.3 Å². The number of carbonyl (C=O) groups excluding carboxylic acids is 1. The molecule has 1 fully saturated rings. The number of amides is 1. The molecule has 2 N–H and O–H groups in total. The second kappa shape index (κ2) is 12.0. The lowest BCUT2D eigenvalue weighted by atomic mass is 10.1. The van der Waals surface area contributed by atoms with E-state index in [2.05, 4.69) is 27.4 Å². The van der Waals surface area contributed by atoms with Crippen LogP contribution in [0.2, 0.25) is 0 Å². The number of rotatable bonds is 9. The number of halogens is 1. The van der Waals surface area contributed by atoms with Crippen LogP contribution in [0, 0.1) is 6.92 Å². The summed E-state index contributed by atoms with van der Waals surface area (Å²) in [4.78, 5) is 18.1. The Morgan fingerprint density at radius 2 is 1.89 bits per heavy atom. The zero-order chi connectivity index (χ0) is 19.8. The van der Waals surface area contributed by atoms with E-state index in [1.165, 1.54) is 0 Å². The Hall–Kier alpha value is -1.71. The summed E-state index contributed by atoms with van der Waals surface area (Å²) in [5.41, 5.74) is 2.27. The normalized spacial score (nSPS) is 13.4. The molecule has 1 aliphatic rings. The highest BCUT2D eigenvalue weighted by Gasteiger charge is 2.22. The van der Waals surface area contributed by atoms with E-state index in [0.29, 0.717) is 25.6 Å². The topological polar surface area (TPSA) is 75.2 Å². The molecule has 1 saturated carbocycles. The summed E-state index contributed by atoms with van der Waals surface area (Å²) in [6, 6.07) is 4.41. The molecular weight excluding hydrogens is 471 g/mol. The van der Waals surface area contributed by atoms with E-state index in [9.17, 15) is 4.79 Å². The average molecular weight is 504 g/mol. The molecule has 1 aliphatic carbocycles. The summed E-state index contributed by atoms with van der Waals surface area (Å²) in [5.74, 6) is 2.39. The maximum absolute atomic E-state index is 11.7. The molecule has 158 valence electrons. The number of nitrogens with zero attached hydrogens (tertiary/aromatic N) is 2. The summed E-state index contributed by atoms with van der Waals surface area (Å²) < 4.78 is 10.8. The molecule has 0 bridgehead atoms. The minimum absolute atomic E-state index is 0. The van der Waals surface area contributed by atoms with Crippen molar-refractivity contribution in [2.75, 3.05) is 34.9 Å². The monoisotopic (exact) mass is 504 g/mol. The van der Waals surface area contributed by atoms with Crippen molar-refractivity contribution < 1.29 is 14.3 Å². The molecule has 1 amide bonds. The molecule has 7 nitrogen and oxygen atoms in total. The van der Waals surface area contributed by atoms with Crippen LogP contribution in [-0.2, 0) is 11.3 Å². The summed E-state index contributed by atoms with van der Waals surface area (Å²) in [5, 5.41) is 6.33. The van der Waals surface area contributed by atoms with Gasteiger partial charge in [0.2, 0.25) is 5.91 Å². The summed E-state index contributed by atoms with van der Waals surface area (Å²) in [6.45, 7) is 3.45. The predicted octanol–water partition coefficient (Wildman–Crippen LogP) is 2.70. The molecule has 0 radical (unpaired) electrons. The Kier molecular flexibility index (Phi) is 10.4. The van der Waals surface area contributed by atoms with Gasteiger partial charge in [0, 0.05) is 39.6 Å². The number of aryl methyl sites for hydroxylation is 1. The molecule has 0 heterocycles. The lowest BCUT2D eigenvalue weighted by Gasteiger charge is -2.23. The average Bonchev–Trinajstić information content (AvgIpc) is 3.46. The molecule has 0 aromatic heterocycles. The molecule has 2 rings (SSSR count). The molecule has 1 aromatic rings. The van der Waals surface area contributed by atoms with Gasteiger partial charge in [-0.25, -0.2) is 0 Å². The van der Waals surface area contributed by atoms with Gasteiger partial charge in [0.1, 0.15) is 0 Å². The Morgan fingerprint density at radius 3 is 2.46 bits per heavy atom. The minimum atomic E-state index is 0. The number of ether oxygens (including phenoxy) is 2. The third-order valence-corrected chi connectivity index (χ3v) is 4.63. The van der Waals surface area contributed by atoms with Crippen molar-refractivity contribution in [1.82, 2.24) is 15.5 Å². The third kappa shape index (κ3) is 7.37. The molecule has 0 unspecified atom stereocenters. The SMILES string of the molecule is CN=C(NCCCC(=O)NC1CC1)N(C)Cc1cc(OC)c(OC)cc1C.I. The fourth-order valence-corrected chi connectivity index (χ4v) is 2.88. The van der Waals surface area contributed by atoms with Gasteiger partial charge < -0.3 is 25.0 Å². The number of carbonyl (C=O) groups is 1. The Labute approximate surface area is 185 Å². The smallest absolute Gasteiger partial charge is 0.220 e. The van der Waals surface area contributed by atoms with E-state index in [-0.39, 0.29) is 29.9 Å². The fraction of sp³-hybridized carbons (Fsp3) is 0.600. The largest absolute Gasteiger partial charge is 0.493 e. The van der Waals surface area contributed by atoms with Crippen molar-refractivity contribution in [3.8, 4) is 11.5 Å². The Balaban J connectivity index is 0.00000392. The highest BCUT2D eigenvalue weighted by Crippen LogP contribution is 2.30. The van der Waals surface area contributed by atoms with Crippen LogP contribution in [0.25, 0.3) is 0 Å². The quantitative estimate of drug-likeness (QED) is 0.234. The van der Waals surface area contributed by atoms with Gasteiger partial charge in [0.05, 0.1) is 14.2 Å². The second-order valence-corrected chi connectivity index (χ2v) is 6.91. The maximum atomic E-state index is 11.7. The second-order valence-electron chi connectivity index (χ2n) is 6.91. The van der Waals surface area contributed by atoms with E-state index in [0.717, 1.165) is 47.8 Å². The Bertz CT molecular complexity index is 678. The lowest BCUT2D eigenvalue weighted by Crippen LogP contribution is -2.39. The molecule has 1 aromatic carbocycles. The summed E-state index contributed by atoms with van der Waals surface area (Å²) >= 11 is 0. The van der Waals surface area contributed by atoms with Gasteiger partial charge in [-0.3, -0.25) is 9.79 Å². The van der Waals surface area contributed by atoms with E-state index in [4.69, 9.17) is 9.47 Å². The highest BCUT2D eigenvalue weighted by molar-refractivity contribution is 14.0. The van der Waals surface area contributed by atoms with Gasteiger partial charge >= 0.3 is 0 Å². The van der Waals surface area contributed by atoms with Crippen LogP contribution in [0.5, 0.6) is 11.5 Å². The maximum Gasteiger partial charge on any atom is 0.220 e. The zero-order valence-corrected chi connectivity index (χ0v) is 19.8. The summed E-state index contributed by atoms with van der Waals surface area (Å²) in [6.07, 6.45) is 3.56. The molecule has 0 atom stereocenters. The van der Waals surface area contributed by atoms with Crippen molar-refractivity contribution in [2.45, 2.75) is 45.2 Å². The molecule has 0 aliphatic heterocycles. The number of benzene rings is 1. The first-order valence-corrected chi connectivity index (χ1v) is 9.41.